The summed E-state index contributed by atoms with van der Waals surface area (Å²) in [5, 5.41) is 0. The molecule has 0 aromatic rings. The van der Waals surface area contributed by atoms with Crippen LogP contribution < -0.4 is 0 Å². The van der Waals surface area contributed by atoms with E-state index in [1.807, 2.05) is 4.90 Å². The molecule has 0 aromatic heterocycles. The van der Waals surface area contributed by atoms with E-state index in [1.54, 1.807) is 6.92 Å². The first-order chi connectivity index (χ1) is 8.54. The van der Waals surface area contributed by atoms with Crippen LogP contribution >= 0.6 is 0 Å². The summed E-state index contributed by atoms with van der Waals surface area (Å²) in [6, 6.07) is 0. The third kappa shape index (κ3) is 5.52. The second kappa shape index (κ2) is 7.39. The zero-order valence-electron chi connectivity index (χ0n) is 11.8. The Morgan fingerprint density at radius 1 is 1.28 bits per heavy atom. The van der Waals surface area contributed by atoms with Crippen LogP contribution in [0, 0.1) is 11.8 Å². The highest BCUT2D eigenvalue weighted by Crippen LogP contribution is 2.31. The molecule has 0 heterocycles. The molecule has 0 saturated heterocycles. The molecule has 4 nitrogen and oxygen atoms in total. The summed E-state index contributed by atoms with van der Waals surface area (Å²) in [4.78, 5) is 25.2. The van der Waals surface area contributed by atoms with Gasteiger partial charge in [0.05, 0.1) is 13.0 Å². The van der Waals surface area contributed by atoms with Crippen LogP contribution in [0.15, 0.2) is 0 Å². The molecule has 1 aliphatic rings. The van der Waals surface area contributed by atoms with Crippen molar-refractivity contribution in [2.45, 2.75) is 46.5 Å². The van der Waals surface area contributed by atoms with E-state index in [0.29, 0.717) is 25.5 Å². The Bertz CT molecular complexity index is 285. The van der Waals surface area contributed by atoms with Gasteiger partial charge in [0, 0.05) is 19.0 Å². The van der Waals surface area contributed by atoms with Crippen molar-refractivity contribution in [3.8, 4) is 0 Å². The van der Waals surface area contributed by atoms with Gasteiger partial charge in [0.25, 0.3) is 0 Å². The molecule has 0 radical (unpaired) electrons. The molecule has 18 heavy (non-hydrogen) atoms. The molecular formula is C14H25NO3. The van der Waals surface area contributed by atoms with E-state index in [-0.39, 0.29) is 17.8 Å². The minimum atomic E-state index is -0.212. The van der Waals surface area contributed by atoms with Crippen LogP contribution in [0.3, 0.4) is 0 Å². The number of ether oxygens (including phenoxy) is 1. The number of carbonyl (C=O) groups excluding carboxylic acids is 2. The molecule has 0 aromatic carbocycles. The maximum Gasteiger partial charge on any atom is 0.307 e. The average molecular weight is 255 g/mol. The third-order valence-corrected chi connectivity index (χ3v) is 3.11. The molecule has 104 valence electrons. The van der Waals surface area contributed by atoms with Crippen LogP contribution in [0.2, 0.25) is 0 Å². The van der Waals surface area contributed by atoms with Gasteiger partial charge in [0.2, 0.25) is 5.91 Å². The fraction of sp³-hybridized carbons (Fsp3) is 0.857. The first-order valence-electron chi connectivity index (χ1n) is 6.99. The SMILES string of the molecule is CCOC(=O)CCN(CCC(C)C)C(=O)C1CC1. The largest absolute Gasteiger partial charge is 0.466 e. The molecule has 1 aliphatic carbocycles. The number of hydrogen-bond donors (Lipinski definition) is 0. The lowest BCUT2D eigenvalue weighted by Crippen LogP contribution is -2.35. The monoisotopic (exact) mass is 255 g/mol. The number of rotatable bonds is 8. The Morgan fingerprint density at radius 2 is 1.94 bits per heavy atom. The van der Waals surface area contributed by atoms with Crippen molar-refractivity contribution in [3.05, 3.63) is 0 Å². The highest BCUT2D eigenvalue weighted by atomic mass is 16.5. The second-order valence-corrected chi connectivity index (χ2v) is 5.34. The number of hydrogen-bond acceptors (Lipinski definition) is 3. The van der Waals surface area contributed by atoms with Gasteiger partial charge in [-0.25, -0.2) is 0 Å². The topological polar surface area (TPSA) is 46.6 Å². The van der Waals surface area contributed by atoms with Crippen LogP contribution in [-0.2, 0) is 14.3 Å². The van der Waals surface area contributed by atoms with Crippen LogP contribution in [0.4, 0.5) is 0 Å². The highest BCUT2D eigenvalue weighted by Gasteiger charge is 2.33. The second-order valence-electron chi connectivity index (χ2n) is 5.34. The van der Waals surface area contributed by atoms with Crippen LogP contribution in [0.1, 0.15) is 46.5 Å². The molecular weight excluding hydrogens is 230 g/mol. The summed E-state index contributed by atoms with van der Waals surface area (Å²) in [6.07, 6.45) is 3.32. The summed E-state index contributed by atoms with van der Waals surface area (Å²) in [5.41, 5.74) is 0. The Balaban J connectivity index is 2.38. The Kier molecular flexibility index (Phi) is 6.16. The average Bonchev–Trinajstić information content (AvgIpc) is 3.12. The van der Waals surface area contributed by atoms with Crippen molar-refractivity contribution in [1.29, 1.82) is 0 Å². The normalized spacial score (nSPS) is 14.7. The van der Waals surface area contributed by atoms with E-state index in [2.05, 4.69) is 13.8 Å². The standard InChI is InChI=1S/C14H25NO3/c1-4-18-13(16)8-10-15(9-7-11(2)3)14(17)12-5-6-12/h11-12H,4-10H2,1-3H3. The lowest BCUT2D eigenvalue weighted by Gasteiger charge is -2.23. The maximum absolute atomic E-state index is 12.1. The van der Waals surface area contributed by atoms with Gasteiger partial charge in [-0.2, -0.15) is 0 Å². The Hall–Kier alpha value is -1.06. The summed E-state index contributed by atoms with van der Waals surface area (Å²) >= 11 is 0. The maximum atomic E-state index is 12.1. The van der Waals surface area contributed by atoms with Gasteiger partial charge in [0.15, 0.2) is 0 Å². The molecule has 0 N–H and O–H groups in total. The zero-order chi connectivity index (χ0) is 13.5. The first-order valence-corrected chi connectivity index (χ1v) is 6.99. The van der Waals surface area contributed by atoms with Crippen molar-refractivity contribution < 1.29 is 14.3 Å². The fourth-order valence-corrected chi connectivity index (χ4v) is 1.79. The smallest absolute Gasteiger partial charge is 0.307 e. The Morgan fingerprint density at radius 3 is 2.44 bits per heavy atom. The number of carbonyl (C=O) groups is 2. The zero-order valence-corrected chi connectivity index (χ0v) is 11.8. The lowest BCUT2D eigenvalue weighted by atomic mass is 10.1. The molecule has 0 bridgehead atoms. The van der Waals surface area contributed by atoms with Crippen molar-refractivity contribution in [2.75, 3.05) is 19.7 Å². The minimum absolute atomic E-state index is 0.212. The van der Waals surface area contributed by atoms with Gasteiger partial charge in [-0.1, -0.05) is 13.8 Å². The van der Waals surface area contributed by atoms with Gasteiger partial charge >= 0.3 is 5.97 Å². The minimum Gasteiger partial charge on any atom is -0.466 e. The van der Waals surface area contributed by atoms with Crippen molar-refractivity contribution in [3.63, 3.8) is 0 Å². The summed E-state index contributed by atoms with van der Waals surface area (Å²) in [7, 11) is 0. The summed E-state index contributed by atoms with van der Waals surface area (Å²) < 4.78 is 4.90. The molecule has 0 spiro atoms. The van der Waals surface area contributed by atoms with E-state index in [9.17, 15) is 9.59 Å². The van der Waals surface area contributed by atoms with Gasteiger partial charge in [0.1, 0.15) is 0 Å². The van der Waals surface area contributed by atoms with Gasteiger partial charge in [-0.3, -0.25) is 9.59 Å². The lowest BCUT2D eigenvalue weighted by molar-refractivity contribution is -0.144. The molecule has 1 amide bonds. The fourth-order valence-electron chi connectivity index (χ4n) is 1.79. The molecule has 1 fully saturated rings. The molecule has 0 unspecified atom stereocenters. The van der Waals surface area contributed by atoms with Crippen LogP contribution in [0.25, 0.3) is 0 Å². The van der Waals surface area contributed by atoms with E-state index in [1.165, 1.54) is 0 Å². The van der Waals surface area contributed by atoms with E-state index in [0.717, 1.165) is 25.8 Å². The van der Waals surface area contributed by atoms with E-state index in [4.69, 9.17) is 4.74 Å². The number of esters is 1. The predicted molar refractivity (Wildman–Crippen MR) is 70.0 cm³/mol. The molecule has 0 aliphatic heterocycles. The van der Waals surface area contributed by atoms with Gasteiger partial charge < -0.3 is 9.64 Å². The van der Waals surface area contributed by atoms with E-state index < -0.39 is 0 Å². The van der Waals surface area contributed by atoms with Gasteiger partial charge in [-0.15, -0.1) is 0 Å². The van der Waals surface area contributed by atoms with Crippen LogP contribution in [0.5, 0.6) is 0 Å². The summed E-state index contributed by atoms with van der Waals surface area (Å²) in [5.74, 6) is 0.803. The quantitative estimate of drug-likeness (QED) is 0.625. The van der Waals surface area contributed by atoms with Gasteiger partial charge in [-0.05, 0) is 32.1 Å². The Labute approximate surface area is 110 Å². The predicted octanol–water partition coefficient (Wildman–Crippen LogP) is 2.22. The molecule has 4 heteroatoms. The molecule has 1 rings (SSSR count). The van der Waals surface area contributed by atoms with Crippen molar-refractivity contribution >= 4 is 11.9 Å². The summed E-state index contributed by atoms with van der Waals surface area (Å²) in [6.45, 7) is 7.74. The third-order valence-electron chi connectivity index (χ3n) is 3.11. The first kappa shape index (κ1) is 15.0. The highest BCUT2D eigenvalue weighted by molar-refractivity contribution is 5.81. The van der Waals surface area contributed by atoms with Crippen molar-refractivity contribution in [1.82, 2.24) is 4.90 Å². The number of amides is 1. The van der Waals surface area contributed by atoms with Crippen molar-refractivity contribution in [2.24, 2.45) is 11.8 Å². The number of nitrogens with zero attached hydrogens (tertiary/aromatic N) is 1. The van der Waals surface area contributed by atoms with E-state index >= 15 is 0 Å². The van der Waals surface area contributed by atoms with Crippen LogP contribution in [-0.4, -0.2) is 36.5 Å². The molecule has 0 atom stereocenters. The molecule has 1 saturated carbocycles.